The van der Waals surface area contributed by atoms with Crippen LogP contribution in [0.1, 0.15) is 36.6 Å². The number of pyridine rings is 1. The molecule has 0 aliphatic carbocycles. The quantitative estimate of drug-likeness (QED) is 0.331. The summed E-state index contributed by atoms with van der Waals surface area (Å²) in [5, 5.41) is 11.2. The van der Waals surface area contributed by atoms with E-state index in [-0.39, 0.29) is 11.3 Å². The number of ketones is 1. The molecule has 178 valence electrons. The first-order chi connectivity index (χ1) is 17.1. The monoisotopic (exact) mass is 469 g/mol. The Labute approximate surface area is 204 Å². The molecule has 0 radical (unpaired) electrons. The van der Waals surface area contributed by atoms with Gasteiger partial charge < -0.3 is 14.7 Å². The maximum absolute atomic E-state index is 13.3. The highest BCUT2D eigenvalue weighted by atomic mass is 16.5. The van der Waals surface area contributed by atoms with Gasteiger partial charge in [0.05, 0.1) is 18.4 Å². The molecule has 2 aliphatic rings. The minimum absolute atomic E-state index is 0.00191. The molecule has 1 unspecified atom stereocenters. The van der Waals surface area contributed by atoms with Crippen molar-refractivity contribution in [1.82, 2.24) is 4.98 Å². The first kappa shape index (κ1) is 22.7. The summed E-state index contributed by atoms with van der Waals surface area (Å²) in [7, 11) is 1.53. The Kier molecular flexibility index (Phi) is 6.23. The zero-order valence-corrected chi connectivity index (χ0v) is 19.6. The van der Waals surface area contributed by atoms with Crippen LogP contribution in [0.15, 0.2) is 78.5 Å². The third-order valence-corrected chi connectivity index (χ3v) is 6.60. The molecule has 1 atom stereocenters. The number of aliphatic hydroxyl groups excluding tert-OH is 1. The smallest absolute Gasteiger partial charge is 0.300 e. The molecule has 1 amide bonds. The Morgan fingerprint density at radius 3 is 2.37 bits per heavy atom. The van der Waals surface area contributed by atoms with Crippen LogP contribution >= 0.6 is 0 Å². The first-order valence-electron chi connectivity index (χ1n) is 11.8. The number of aromatic nitrogens is 1. The number of amides is 1. The predicted octanol–water partition coefficient (Wildman–Crippen LogP) is 4.71. The number of Topliss-reactive ketones (excluding diaryl/α,β-unsaturated/α-hetero) is 1. The minimum Gasteiger partial charge on any atom is -0.507 e. The van der Waals surface area contributed by atoms with Crippen LogP contribution < -0.4 is 14.5 Å². The minimum atomic E-state index is -0.858. The fraction of sp³-hybridized carbons (Fsp3) is 0.250. The first-order valence-corrected chi connectivity index (χ1v) is 11.8. The third-order valence-electron chi connectivity index (χ3n) is 6.60. The molecular weight excluding hydrogens is 442 g/mol. The number of carbonyl (C=O) groups is 2. The average molecular weight is 470 g/mol. The summed E-state index contributed by atoms with van der Waals surface area (Å²) in [6, 6.07) is 18.9. The number of nitrogens with zero attached hydrogens (tertiary/aromatic N) is 3. The molecule has 35 heavy (non-hydrogen) atoms. The third kappa shape index (κ3) is 4.25. The Morgan fingerprint density at radius 1 is 0.943 bits per heavy atom. The summed E-state index contributed by atoms with van der Waals surface area (Å²) < 4.78 is 5.27. The van der Waals surface area contributed by atoms with E-state index in [4.69, 9.17) is 4.74 Å². The lowest BCUT2D eigenvalue weighted by molar-refractivity contribution is -0.132. The van der Waals surface area contributed by atoms with Gasteiger partial charge in [0.1, 0.15) is 17.6 Å². The Hall–Kier alpha value is -4.13. The second-order valence-corrected chi connectivity index (χ2v) is 8.72. The van der Waals surface area contributed by atoms with E-state index in [0.29, 0.717) is 22.7 Å². The van der Waals surface area contributed by atoms with Gasteiger partial charge in [-0.3, -0.25) is 19.5 Å². The van der Waals surface area contributed by atoms with E-state index in [1.165, 1.54) is 31.3 Å². The normalized spacial score (nSPS) is 19.7. The second kappa shape index (κ2) is 9.62. The van der Waals surface area contributed by atoms with E-state index < -0.39 is 17.7 Å². The molecule has 0 bridgehead atoms. The van der Waals surface area contributed by atoms with Crippen LogP contribution in [0.5, 0.6) is 5.75 Å². The number of hydrogen-bond donors (Lipinski definition) is 1. The van der Waals surface area contributed by atoms with E-state index in [1.807, 2.05) is 24.3 Å². The lowest BCUT2D eigenvalue weighted by atomic mass is 9.98. The zero-order valence-electron chi connectivity index (χ0n) is 19.6. The lowest BCUT2D eigenvalue weighted by Crippen LogP contribution is -2.31. The van der Waals surface area contributed by atoms with Gasteiger partial charge in [-0.05, 0) is 67.8 Å². The van der Waals surface area contributed by atoms with Crippen molar-refractivity contribution in [2.45, 2.75) is 25.3 Å². The number of piperidine rings is 1. The van der Waals surface area contributed by atoms with E-state index in [1.54, 1.807) is 48.7 Å². The summed E-state index contributed by atoms with van der Waals surface area (Å²) in [5.41, 5.74) is 2.56. The van der Waals surface area contributed by atoms with Crippen LogP contribution in [0.2, 0.25) is 0 Å². The molecule has 0 spiro atoms. The van der Waals surface area contributed by atoms with Gasteiger partial charge in [0.25, 0.3) is 11.7 Å². The van der Waals surface area contributed by atoms with Crippen molar-refractivity contribution >= 4 is 28.8 Å². The van der Waals surface area contributed by atoms with E-state index in [2.05, 4.69) is 9.88 Å². The number of methoxy groups -OCH3 is 1. The number of rotatable bonds is 5. The van der Waals surface area contributed by atoms with Crippen LogP contribution in [0, 0.1) is 0 Å². The zero-order chi connectivity index (χ0) is 24.4. The Balaban J connectivity index is 1.59. The van der Waals surface area contributed by atoms with Crippen molar-refractivity contribution in [3.63, 3.8) is 0 Å². The molecule has 2 fully saturated rings. The van der Waals surface area contributed by atoms with E-state index >= 15 is 0 Å². The van der Waals surface area contributed by atoms with E-state index in [9.17, 15) is 14.7 Å². The van der Waals surface area contributed by atoms with Gasteiger partial charge in [0.15, 0.2) is 0 Å². The van der Waals surface area contributed by atoms with Crippen molar-refractivity contribution in [1.29, 1.82) is 0 Å². The topological polar surface area (TPSA) is 83.0 Å². The molecule has 7 heteroatoms. The Bertz CT molecular complexity index is 1260. The summed E-state index contributed by atoms with van der Waals surface area (Å²) in [4.78, 5) is 34.8. The number of aliphatic hydroxyl groups is 1. The molecule has 5 rings (SSSR count). The van der Waals surface area contributed by atoms with Crippen molar-refractivity contribution in [3.8, 4) is 5.75 Å². The van der Waals surface area contributed by atoms with Crippen molar-refractivity contribution in [2.75, 3.05) is 30.0 Å². The van der Waals surface area contributed by atoms with Gasteiger partial charge in [-0.15, -0.1) is 0 Å². The van der Waals surface area contributed by atoms with Gasteiger partial charge in [-0.25, -0.2) is 0 Å². The molecule has 0 saturated carbocycles. The highest BCUT2D eigenvalue weighted by Gasteiger charge is 2.47. The molecular formula is C28H27N3O4. The Morgan fingerprint density at radius 2 is 1.69 bits per heavy atom. The molecule has 2 aromatic carbocycles. The van der Waals surface area contributed by atoms with Crippen LogP contribution in [0.4, 0.5) is 11.4 Å². The largest absolute Gasteiger partial charge is 0.507 e. The molecule has 1 aromatic heterocycles. The van der Waals surface area contributed by atoms with Crippen LogP contribution in [0.25, 0.3) is 5.76 Å². The summed E-state index contributed by atoms with van der Waals surface area (Å²) >= 11 is 0. The maximum Gasteiger partial charge on any atom is 0.300 e. The number of carbonyl (C=O) groups excluding carboxylic acids is 2. The van der Waals surface area contributed by atoms with Gasteiger partial charge in [-0.1, -0.05) is 18.2 Å². The number of anilines is 2. The fourth-order valence-electron chi connectivity index (χ4n) is 4.82. The maximum atomic E-state index is 13.3. The second-order valence-electron chi connectivity index (χ2n) is 8.72. The fourth-order valence-corrected chi connectivity index (χ4v) is 4.82. The molecule has 7 nitrogen and oxygen atoms in total. The SMILES string of the molecule is COc1cccc(/C(O)=C2\C(=O)C(=O)N(c3ccc(N4CCCCC4)cc3)C2c2ccccn2)c1. The van der Waals surface area contributed by atoms with E-state index in [0.717, 1.165) is 18.8 Å². The summed E-state index contributed by atoms with van der Waals surface area (Å²) in [5.74, 6) is -1.17. The predicted molar refractivity (Wildman–Crippen MR) is 135 cm³/mol. The number of hydrogen-bond acceptors (Lipinski definition) is 6. The van der Waals surface area contributed by atoms with Crippen LogP contribution in [-0.4, -0.2) is 42.0 Å². The van der Waals surface area contributed by atoms with Crippen molar-refractivity contribution in [2.24, 2.45) is 0 Å². The van der Waals surface area contributed by atoms with Crippen LogP contribution in [0.3, 0.4) is 0 Å². The molecule has 2 saturated heterocycles. The summed E-state index contributed by atoms with van der Waals surface area (Å²) in [6.45, 7) is 2.02. The summed E-state index contributed by atoms with van der Waals surface area (Å²) in [6.07, 6.45) is 5.19. The number of benzene rings is 2. The van der Waals surface area contributed by atoms with Crippen LogP contribution in [-0.2, 0) is 9.59 Å². The molecule has 1 N–H and O–H groups in total. The standard InChI is InChI=1S/C28H27N3O4/c1-35-22-9-7-8-19(18-22)26(32)24-25(23-10-3-4-15-29-23)31(28(34)27(24)33)21-13-11-20(12-14-21)30-16-5-2-6-17-30/h3-4,7-15,18,25,32H,2,5-6,16-17H2,1H3/b26-24+. The van der Waals surface area contributed by atoms with Crippen molar-refractivity contribution in [3.05, 3.63) is 89.8 Å². The highest BCUT2D eigenvalue weighted by Crippen LogP contribution is 2.42. The van der Waals surface area contributed by atoms with Gasteiger partial charge in [-0.2, -0.15) is 0 Å². The van der Waals surface area contributed by atoms with Gasteiger partial charge >= 0.3 is 0 Å². The van der Waals surface area contributed by atoms with Gasteiger partial charge in [0, 0.05) is 36.2 Å². The van der Waals surface area contributed by atoms with Gasteiger partial charge in [0.2, 0.25) is 0 Å². The molecule has 3 aromatic rings. The molecule has 2 aliphatic heterocycles. The lowest BCUT2D eigenvalue weighted by Gasteiger charge is -2.30. The highest BCUT2D eigenvalue weighted by molar-refractivity contribution is 6.51. The van der Waals surface area contributed by atoms with Crippen molar-refractivity contribution < 1.29 is 19.4 Å². The molecule has 3 heterocycles. The number of ether oxygens (including phenoxy) is 1. The average Bonchev–Trinajstić information content (AvgIpc) is 3.19.